The van der Waals surface area contributed by atoms with E-state index in [0.717, 1.165) is 102 Å². The summed E-state index contributed by atoms with van der Waals surface area (Å²) in [6, 6.07) is 28.7. The molecule has 0 unspecified atom stereocenters. The van der Waals surface area contributed by atoms with Gasteiger partial charge in [-0.3, -0.25) is 14.5 Å². The summed E-state index contributed by atoms with van der Waals surface area (Å²) in [4.78, 5) is 50.2. The first-order valence-electron chi connectivity index (χ1n) is 21.4. The maximum atomic E-state index is 16.0. The number of anilines is 4. The molecule has 0 bridgehead atoms. The van der Waals surface area contributed by atoms with Crippen LogP contribution in [0.2, 0.25) is 0 Å². The molecule has 0 atom stereocenters. The van der Waals surface area contributed by atoms with Crippen LogP contribution in [0.5, 0.6) is 17.2 Å². The summed E-state index contributed by atoms with van der Waals surface area (Å²) in [5, 5.41) is 1.80. The van der Waals surface area contributed by atoms with Crippen LogP contribution in [0.25, 0.3) is 27.4 Å². The minimum Gasteiger partial charge on any atom is -0.493 e. The van der Waals surface area contributed by atoms with Gasteiger partial charge >= 0.3 is 0 Å². The fourth-order valence-electron chi connectivity index (χ4n) is 8.52. The molecule has 8 rings (SSSR count). The van der Waals surface area contributed by atoms with Crippen LogP contribution in [0.3, 0.4) is 0 Å². The SMILES string of the molecule is COc1cccc(C(CC(N)=O)=C(Oc2cccc(C)c2)C(=O)N(c2ccc3nc(N4CCN(C)CC4)cc(C)c3c2)c2ccc3nc(N4CCN(C)CC4)cc(C)c3c2)c1OC. The quantitative estimate of drug-likeness (QED) is 0.0987. The fourth-order valence-corrected chi connectivity index (χ4v) is 8.52. The molecular weight excluding hydrogens is 793 g/mol. The van der Waals surface area contributed by atoms with Crippen molar-refractivity contribution in [1.82, 2.24) is 19.8 Å². The van der Waals surface area contributed by atoms with Crippen LogP contribution in [0.4, 0.5) is 23.0 Å². The first-order chi connectivity index (χ1) is 30.4. The molecule has 2 amide bonds. The Kier molecular flexibility index (Phi) is 12.5. The van der Waals surface area contributed by atoms with Gasteiger partial charge in [-0.15, -0.1) is 0 Å². The van der Waals surface area contributed by atoms with E-state index in [1.165, 1.54) is 14.2 Å². The number of methoxy groups -OCH3 is 2. The number of likely N-dealkylation sites (N-methyl/N-ethyl adjacent to an activating group) is 2. The van der Waals surface area contributed by atoms with Crippen molar-refractivity contribution in [3.05, 3.63) is 119 Å². The highest BCUT2D eigenvalue weighted by molar-refractivity contribution is 6.16. The molecule has 63 heavy (non-hydrogen) atoms. The third-order valence-electron chi connectivity index (χ3n) is 12.1. The van der Waals surface area contributed by atoms with E-state index in [2.05, 4.69) is 59.7 Å². The van der Waals surface area contributed by atoms with Gasteiger partial charge in [0, 0.05) is 74.3 Å². The van der Waals surface area contributed by atoms with Gasteiger partial charge < -0.3 is 39.5 Å². The summed E-state index contributed by atoms with van der Waals surface area (Å²) < 4.78 is 18.3. The van der Waals surface area contributed by atoms with Crippen LogP contribution in [0.1, 0.15) is 28.7 Å². The summed E-state index contributed by atoms with van der Waals surface area (Å²) in [5.74, 6) is 1.72. The summed E-state index contributed by atoms with van der Waals surface area (Å²) in [5.41, 5.74) is 12.4. The van der Waals surface area contributed by atoms with Crippen LogP contribution in [-0.2, 0) is 9.59 Å². The van der Waals surface area contributed by atoms with Crippen LogP contribution < -0.4 is 34.6 Å². The number of benzene rings is 4. The molecule has 2 N–H and O–H groups in total. The minimum atomic E-state index is -0.660. The zero-order chi connectivity index (χ0) is 44.4. The number of pyridine rings is 2. The second-order valence-electron chi connectivity index (χ2n) is 16.6. The third-order valence-corrected chi connectivity index (χ3v) is 12.1. The molecule has 2 fully saturated rings. The van der Waals surface area contributed by atoms with Gasteiger partial charge in [0.05, 0.1) is 43.0 Å². The van der Waals surface area contributed by atoms with Gasteiger partial charge in [0.25, 0.3) is 5.91 Å². The molecule has 13 nitrogen and oxygen atoms in total. The van der Waals surface area contributed by atoms with Crippen molar-refractivity contribution in [2.24, 2.45) is 5.73 Å². The lowest BCUT2D eigenvalue weighted by molar-refractivity contribution is -0.117. The topological polar surface area (TPSA) is 130 Å². The van der Waals surface area contributed by atoms with Gasteiger partial charge in [0.1, 0.15) is 17.4 Å². The Morgan fingerprint density at radius 1 is 0.667 bits per heavy atom. The number of ether oxygens (including phenoxy) is 3. The predicted octanol–water partition coefficient (Wildman–Crippen LogP) is 7.26. The number of primary amides is 1. The molecule has 2 aromatic heterocycles. The average Bonchev–Trinajstić information content (AvgIpc) is 3.28. The van der Waals surface area contributed by atoms with E-state index in [0.29, 0.717) is 34.2 Å². The van der Waals surface area contributed by atoms with Crippen LogP contribution in [0, 0.1) is 20.8 Å². The number of carbonyl (C=O) groups is 2. The minimum absolute atomic E-state index is 0.105. The number of nitrogens with two attached hydrogens (primary N) is 1. The summed E-state index contributed by atoms with van der Waals surface area (Å²) in [6.45, 7) is 13.5. The molecule has 2 saturated heterocycles. The lowest BCUT2D eigenvalue weighted by Gasteiger charge is -2.33. The second kappa shape index (κ2) is 18.3. The lowest BCUT2D eigenvalue weighted by atomic mass is 9.98. The predicted molar refractivity (Wildman–Crippen MR) is 252 cm³/mol. The van der Waals surface area contributed by atoms with Crippen molar-refractivity contribution < 1.29 is 23.8 Å². The van der Waals surface area contributed by atoms with Crippen molar-refractivity contribution in [2.75, 3.05) is 95.4 Å². The van der Waals surface area contributed by atoms with Crippen molar-refractivity contribution >= 4 is 62.2 Å². The van der Waals surface area contributed by atoms with Gasteiger partial charge in [-0.05, 0) is 118 Å². The fraction of sp³-hybridized carbons (Fsp3) is 0.320. The number of aromatic nitrogens is 2. The zero-order valence-electron chi connectivity index (χ0n) is 37.3. The Labute approximate surface area is 369 Å². The molecule has 326 valence electrons. The lowest BCUT2D eigenvalue weighted by Crippen LogP contribution is -2.44. The standard InChI is InChI=1S/C50H56N8O5/c1-32-10-8-11-37(26-32)63-49(41(31-45(51)59)38-12-9-13-44(61-6)48(38)62-7)50(60)58(35-14-16-42-39(29-35)33(2)27-46(52-42)56-22-18-54(4)19-23-56)36-15-17-43-40(30-36)34(3)28-47(53-43)57-24-20-55(5)21-25-57/h8-17,26-30H,18-25,31H2,1-7H3,(H2,51,59). The number of aryl methyl sites for hydroxylation is 3. The molecule has 4 aromatic carbocycles. The Hall–Kier alpha value is -6.70. The number of rotatable bonds is 12. The maximum absolute atomic E-state index is 16.0. The van der Waals surface area contributed by atoms with Crippen LogP contribution >= 0.6 is 0 Å². The van der Waals surface area contributed by atoms with Gasteiger partial charge in [0.15, 0.2) is 17.3 Å². The molecule has 13 heteroatoms. The number of para-hydroxylation sites is 1. The van der Waals surface area contributed by atoms with Gasteiger partial charge in [-0.25, -0.2) is 9.97 Å². The summed E-state index contributed by atoms with van der Waals surface area (Å²) in [7, 11) is 7.33. The number of amides is 2. The number of carbonyl (C=O) groups excluding carboxylic acids is 2. The normalized spacial score (nSPS) is 15.3. The van der Waals surface area contributed by atoms with Crippen LogP contribution in [-0.4, -0.2) is 112 Å². The maximum Gasteiger partial charge on any atom is 0.298 e. The van der Waals surface area contributed by atoms with Crippen molar-refractivity contribution in [3.8, 4) is 17.2 Å². The van der Waals surface area contributed by atoms with E-state index in [9.17, 15) is 4.79 Å². The second-order valence-corrected chi connectivity index (χ2v) is 16.6. The van der Waals surface area contributed by atoms with E-state index in [1.807, 2.05) is 61.5 Å². The van der Waals surface area contributed by atoms with Crippen molar-refractivity contribution in [3.63, 3.8) is 0 Å². The number of piperazine rings is 2. The largest absolute Gasteiger partial charge is 0.493 e. The molecule has 0 saturated carbocycles. The van der Waals surface area contributed by atoms with E-state index in [-0.39, 0.29) is 17.8 Å². The van der Waals surface area contributed by atoms with E-state index in [1.54, 1.807) is 29.2 Å². The monoisotopic (exact) mass is 848 g/mol. The third kappa shape index (κ3) is 9.11. The van der Waals surface area contributed by atoms with E-state index in [4.69, 9.17) is 29.9 Å². The Bertz CT molecular complexity index is 2610. The number of hydrogen-bond donors (Lipinski definition) is 1. The number of hydrogen-bond acceptors (Lipinski definition) is 11. The molecule has 0 spiro atoms. The van der Waals surface area contributed by atoms with Crippen molar-refractivity contribution in [1.29, 1.82) is 0 Å². The van der Waals surface area contributed by atoms with Gasteiger partial charge in [0.2, 0.25) is 5.91 Å². The summed E-state index contributed by atoms with van der Waals surface area (Å²) >= 11 is 0. The number of nitrogens with zero attached hydrogens (tertiary/aromatic N) is 7. The molecule has 0 radical (unpaired) electrons. The molecular formula is C50H56N8O5. The number of fused-ring (bicyclic) bond motifs is 2. The van der Waals surface area contributed by atoms with E-state index < -0.39 is 11.8 Å². The Balaban J connectivity index is 1.33. The molecule has 0 aliphatic carbocycles. The first kappa shape index (κ1) is 43.0. The zero-order valence-corrected chi connectivity index (χ0v) is 37.3. The highest BCUT2D eigenvalue weighted by atomic mass is 16.5. The smallest absolute Gasteiger partial charge is 0.298 e. The Morgan fingerprint density at radius 3 is 1.70 bits per heavy atom. The van der Waals surface area contributed by atoms with E-state index >= 15 is 4.79 Å². The first-order valence-corrected chi connectivity index (χ1v) is 21.4. The van der Waals surface area contributed by atoms with Crippen LogP contribution in [0.15, 0.2) is 96.8 Å². The highest BCUT2D eigenvalue weighted by Gasteiger charge is 2.31. The van der Waals surface area contributed by atoms with Crippen molar-refractivity contribution in [2.45, 2.75) is 27.2 Å². The molecule has 4 heterocycles. The summed E-state index contributed by atoms with van der Waals surface area (Å²) in [6.07, 6.45) is -0.337. The Morgan fingerprint density at radius 2 is 1.21 bits per heavy atom. The highest BCUT2D eigenvalue weighted by Crippen LogP contribution is 2.41. The molecule has 2 aliphatic heterocycles. The molecule has 6 aromatic rings. The average molecular weight is 849 g/mol. The van der Waals surface area contributed by atoms with Gasteiger partial charge in [-0.2, -0.15) is 0 Å². The molecule has 2 aliphatic rings. The van der Waals surface area contributed by atoms with Gasteiger partial charge in [-0.1, -0.05) is 24.3 Å².